The van der Waals surface area contributed by atoms with E-state index < -0.39 is 14.8 Å². The van der Waals surface area contributed by atoms with Crippen molar-refractivity contribution in [2.75, 3.05) is 24.2 Å². The van der Waals surface area contributed by atoms with Crippen molar-refractivity contribution in [2.45, 2.75) is 23.7 Å². The van der Waals surface area contributed by atoms with Crippen LogP contribution in [0.3, 0.4) is 0 Å². The van der Waals surface area contributed by atoms with Gasteiger partial charge in [-0.25, -0.2) is 8.42 Å². The van der Waals surface area contributed by atoms with Crippen LogP contribution in [0.1, 0.15) is 24.3 Å². The Balaban J connectivity index is 1.57. The average molecular weight is 399 g/mol. The number of aromatic amines is 1. The van der Waals surface area contributed by atoms with Crippen LogP contribution in [0, 0.1) is 10.1 Å². The summed E-state index contributed by atoms with van der Waals surface area (Å²) in [4.78, 5) is 16.3. The van der Waals surface area contributed by atoms with Gasteiger partial charge in [0.05, 0.1) is 9.82 Å². The molecule has 1 saturated heterocycles. The van der Waals surface area contributed by atoms with Crippen LogP contribution in [-0.4, -0.2) is 37.7 Å². The predicted molar refractivity (Wildman–Crippen MR) is 109 cm³/mol. The number of nitro benzene ring substituents is 1. The Hall–Kier alpha value is -2.87. The quantitative estimate of drug-likeness (QED) is 0.531. The zero-order valence-electron chi connectivity index (χ0n) is 15.5. The molecule has 0 bridgehead atoms. The minimum atomic E-state index is -3.49. The van der Waals surface area contributed by atoms with E-state index in [0.29, 0.717) is 24.7 Å². The molecule has 1 fully saturated rings. The van der Waals surface area contributed by atoms with Crippen molar-refractivity contribution in [3.63, 3.8) is 0 Å². The molecule has 1 aromatic heterocycles. The normalized spacial score (nSPS) is 15.8. The summed E-state index contributed by atoms with van der Waals surface area (Å²) in [6, 6.07) is 12.4. The first kappa shape index (κ1) is 18.5. The topological polar surface area (TPSA) is 96.3 Å². The van der Waals surface area contributed by atoms with Crippen LogP contribution in [0.25, 0.3) is 10.9 Å². The van der Waals surface area contributed by atoms with Gasteiger partial charge in [-0.05, 0) is 42.5 Å². The summed E-state index contributed by atoms with van der Waals surface area (Å²) < 4.78 is 23.5. The van der Waals surface area contributed by atoms with Crippen LogP contribution < -0.4 is 4.90 Å². The van der Waals surface area contributed by atoms with E-state index in [1.54, 1.807) is 6.07 Å². The second kappa shape index (κ2) is 6.94. The Morgan fingerprint density at radius 1 is 1.14 bits per heavy atom. The number of nitrogens with zero attached hydrogens (tertiary/aromatic N) is 2. The lowest BCUT2D eigenvalue weighted by atomic mass is 9.89. The number of piperidine rings is 1. The Morgan fingerprint density at radius 3 is 2.54 bits per heavy atom. The number of H-pyrrole nitrogens is 1. The van der Waals surface area contributed by atoms with Crippen LogP contribution in [0.15, 0.2) is 53.6 Å². The number of aromatic nitrogens is 1. The number of benzene rings is 2. The number of anilines is 1. The van der Waals surface area contributed by atoms with Crippen LogP contribution >= 0.6 is 0 Å². The number of sulfone groups is 1. The first-order valence-corrected chi connectivity index (χ1v) is 11.0. The van der Waals surface area contributed by atoms with E-state index in [9.17, 15) is 18.5 Å². The molecular formula is C20H21N3O4S. The van der Waals surface area contributed by atoms with Crippen molar-refractivity contribution in [1.82, 2.24) is 4.98 Å². The highest BCUT2D eigenvalue weighted by atomic mass is 32.2. The Kier molecular flexibility index (Phi) is 4.58. The van der Waals surface area contributed by atoms with Crippen molar-refractivity contribution >= 4 is 32.1 Å². The number of nitro groups is 1. The highest BCUT2D eigenvalue weighted by molar-refractivity contribution is 7.90. The Morgan fingerprint density at radius 2 is 1.86 bits per heavy atom. The SMILES string of the molecule is CS(=O)(=O)c1ccc(N2CCC(c3c[nH]c4ccccc34)CC2)c([N+](=O)[O-])c1. The fraction of sp³-hybridized carbons (Fsp3) is 0.300. The summed E-state index contributed by atoms with van der Waals surface area (Å²) in [5, 5.41) is 12.7. The fourth-order valence-electron chi connectivity index (χ4n) is 4.01. The van der Waals surface area contributed by atoms with Gasteiger partial charge in [0.25, 0.3) is 5.69 Å². The van der Waals surface area contributed by atoms with Crippen molar-refractivity contribution in [3.05, 3.63) is 64.3 Å². The largest absolute Gasteiger partial charge is 0.366 e. The van der Waals surface area contributed by atoms with E-state index in [0.717, 1.165) is 30.7 Å². The predicted octanol–water partition coefficient (Wildman–Crippen LogP) is 3.86. The maximum absolute atomic E-state index is 11.7. The molecule has 2 heterocycles. The monoisotopic (exact) mass is 399 g/mol. The summed E-state index contributed by atoms with van der Waals surface area (Å²) >= 11 is 0. The first-order valence-electron chi connectivity index (χ1n) is 9.14. The molecule has 146 valence electrons. The van der Waals surface area contributed by atoms with Gasteiger partial charge in [-0.3, -0.25) is 10.1 Å². The highest BCUT2D eigenvalue weighted by Gasteiger charge is 2.28. The van der Waals surface area contributed by atoms with E-state index in [2.05, 4.69) is 23.3 Å². The van der Waals surface area contributed by atoms with E-state index in [4.69, 9.17) is 0 Å². The van der Waals surface area contributed by atoms with Gasteiger partial charge in [-0.1, -0.05) is 18.2 Å². The molecule has 1 aliphatic rings. The molecule has 7 nitrogen and oxygen atoms in total. The lowest BCUT2D eigenvalue weighted by Gasteiger charge is -2.33. The zero-order valence-corrected chi connectivity index (χ0v) is 16.3. The van der Waals surface area contributed by atoms with Crippen LogP contribution in [-0.2, 0) is 9.84 Å². The van der Waals surface area contributed by atoms with Gasteiger partial charge in [0, 0.05) is 42.5 Å². The minimum Gasteiger partial charge on any atom is -0.366 e. The van der Waals surface area contributed by atoms with Gasteiger partial charge in [0.2, 0.25) is 0 Å². The smallest absolute Gasteiger partial charge is 0.293 e. The van der Waals surface area contributed by atoms with E-state index in [-0.39, 0.29) is 10.6 Å². The summed E-state index contributed by atoms with van der Waals surface area (Å²) in [5.74, 6) is 0.391. The van der Waals surface area contributed by atoms with Crippen molar-refractivity contribution in [1.29, 1.82) is 0 Å². The second-order valence-electron chi connectivity index (χ2n) is 7.23. The van der Waals surface area contributed by atoms with Crippen LogP contribution in [0.5, 0.6) is 0 Å². The third-order valence-corrected chi connectivity index (χ3v) is 6.58. The standard InChI is InChI=1S/C20H21N3O4S/c1-28(26,27)15-6-7-19(20(12-15)23(24)25)22-10-8-14(9-11-22)17-13-21-18-5-3-2-4-16(17)18/h2-7,12-14,21H,8-11H2,1H3. The maximum atomic E-state index is 11.7. The van der Waals surface area contributed by atoms with Gasteiger partial charge in [-0.2, -0.15) is 0 Å². The molecule has 1 N–H and O–H groups in total. The molecule has 0 saturated carbocycles. The number of nitrogens with one attached hydrogen (secondary N) is 1. The summed E-state index contributed by atoms with van der Waals surface area (Å²) in [6.07, 6.45) is 4.88. The highest BCUT2D eigenvalue weighted by Crippen LogP contribution is 2.37. The zero-order chi connectivity index (χ0) is 19.9. The molecule has 0 atom stereocenters. The molecule has 0 aliphatic carbocycles. The van der Waals surface area contributed by atoms with E-state index >= 15 is 0 Å². The van der Waals surface area contributed by atoms with Gasteiger partial charge < -0.3 is 9.88 Å². The summed E-state index contributed by atoms with van der Waals surface area (Å²) in [6.45, 7) is 1.37. The molecule has 4 rings (SSSR count). The van der Waals surface area contributed by atoms with Crippen molar-refractivity contribution in [2.24, 2.45) is 0 Å². The van der Waals surface area contributed by atoms with E-state index in [1.807, 2.05) is 17.0 Å². The fourth-order valence-corrected chi connectivity index (χ4v) is 4.65. The number of rotatable bonds is 4. The average Bonchev–Trinajstić information content (AvgIpc) is 3.11. The van der Waals surface area contributed by atoms with Gasteiger partial charge in [0.15, 0.2) is 9.84 Å². The second-order valence-corrected chi connectivity index (χ2v) is 9.25. The lowest BCUT2D eigenvalue weighted by molar-refractivity contribution is -0.384. The van der Waals surface area contributed by atoms with Gasteiger partial charge in [0.1, 0.15) is 5.69 Å². The number of hydrogen-bond donors (Lipinski definition) is 1. The molecule has 28 heavy (non-hydrogen) atoms. The summed E-state index contributed by atoms with van der Waals surface area (Å²) in [7, 11) is -3.49. The number of fused-ring (bicyclic) bond motifs is 1. The van der Waals surface area contributed by atoms with Gasteiger partial charge >= 0.3 is 0 Å². The number of para-hydroxylation sites is 1. The maximum Gasteiger partial charge on any atom is 0.293 e. The van der Waals surface area contributed by atoms with Crippen LogP contribution in [0.2, 0.25) is 0 Å². The molecule has 2 aromatic carbocycles. The Bertz CT molecular complexity index is 1150. The molecular weight excluding hydrogens is 378 g/mol. The molecule has 1 aliphatic heterocycles. The third-order valence-electron chi connectivity index (χ3n) is 5.47. The molecule has 3 aromatic rings. The van der Waals surface area contributed by atoms with Crippen LogP contribution in [0.4, 0.5) is 11.4 Å². The minimum absolute atomic E-state index is 0.0309. The molecule has 0 unspecified atom stereocenters. The molecule has 0 amide bonds. The van der Waals surface area contributed by atoms with Crippen molar-refractivity contribution < 1.29 is 13.3 Å². The molecule has 0 radical (unpaired) electrons. The van der Waals surface area contributed by atoms with Gasteiger partial charge in [-0.15, -0.1) is 0 Å². The Labute approximate surface area is 163 Å². The first-order chi connectivity index (χ1) is 13.3. The van der Waals surface area contributed by atoms with E-state index in [1.165, 1.54) is 17.0 Å². The summed E-state index contributed by atoms with van der Waals surface area (Å²) in [5.41, 5.74) is 2.73. The molecule has 0 spiro atoms. The number of hydrogen-bond acceptors (Lipinski definition) is 5. The lowest BCUT2D eigenvalue weighted by Crippen LogP contribution is -2.33. The third kappa shape index (κ3) is 3.35. The molecule has 8 heteroatoms. The van der Waals surface area contributed by atoms with Crippen molar-refractivity contribution in [3.8, 4) is 0 Å².